The van der Waals surface area contributed by atoms with Gasteiger partial charge in [-0.05, 0) is 85.6 Å². The zero-order valence-corrected chi connectivity index (χ0v) is 28.3. The summed E-state index contributed by atoms with van der Waals surface area (Å²) < 4.78 is 2.37. The summed E-state index contributed by atoms with van der Waals surface area (Å²) >= 11 is 0. The van der Waals surface area contributed by atoms with Crippen LogP contribution in [0.4, 0.5) is 0 Å². The molecule has 3 nitrogen and oxygen atoms in total. The number of nitrogens with one attached hydrogen (secondary N) is 1. The van der Waals surface area contributed by atoms with E-state index in [0.29, 0.717) is 0 Å². The number of rotatable bonds is 7. The highest BCUT2D eigenvalue weighted by Gasteiger charge is 2.37. The summed E-state index contributed by atoms with van der Waals surface area (Å²) in [5, 5.41) is 8.78. The van der Waals surface area contributed by atoms with Gasteiger partial charge in [0.05, 0.1) is 17.2 Å². The predicted molar refractivity (Wildman–Crippen MR) is 211 cm³/mol. The molecule has 0 saturated carbocycles. The van der Waals surface area contributed by atoms with Crippen LogP contribution in [0.3, 0.4) is 0 Å². The number of nitrogens with two attached hydrogens (primary N) is 1. The second-order valence-corrected chi connectivity index (χ2v) is 14.0. The molecular formula is C47H39N3. The minimum Gasteiger partial charge on any atom is -0.321 e. The van der Waals surface area contributed by atoms with Crippen LogP contribution in [0.5, 0.6) is 0 Å². The van der Waals surface area contributed by atoms with Gasteiger partial charge < -0.3 is 10.3 Å². The molecule has 1 aliphatic carbocycles. The zero-order valence-electron chi connectivity index (χ0n) is 28.3. The number of benzene rings is 7. The van der Waals surface area contributed by atoms with Gasteiger partial charge >= 0.3 is 0 Å². The standard InChI is InChI=1S/C47H39N3/c1-47(2)40-20-12-19-36(45(40)39-29-34-15-6-7-16-35(34)30-41(39)47)32-26-23-31(24-27-32)25-28-44(49-46(48)33-13-4-3-5-14-33)50-42-21-10-8-17-37(42)38-18-9-11-22-43(38)50/h3-30,44,46,49H,48H2,1-2H3/b28-25+. The van der Waals surface area contributed by atoms with Crippen LogP contribution in [0.2, 0.25) is 0 Å². The predicted octanol–water partition coefficient (Wildman–Crippen LogP) is 11.4. The van der Waals surface area contributed by atoms with Gasteiger partial charge in [0.25, 0.3) is 0 Å². The summed E-state index contributed by atoms with van der Waals surface area (Å²) in [5.74, 6) is 0. The van der Waals surface area contributed by atoms with Gasteiger partial charge in [-0.15, -0.1) is 0 Å². The van der Waals surface area contributed by atoms with E-state index in [1.54, 1.807) is 0 Å². The molecule has 7 aromatic carbocycles. The Hall–Kier alpha value is -5.74. The molecule has 8 aromatic rings. The van der Waals surface area contributed by atoms with E-state index in [1.807, 2.05) is 18.2 Å². The Balaban J connectivity index is 1.10. The number of fused-ring (bicyclic) bond motifs is 7. The highest BCUT2D eigenvalue weighted by Crippen LogP contribution is 2.53. The maximum absolute atomic E-state index is 6.81. The van der Waals surface area contributed by atoms with Crippen LogP contribution in [0.25, 0.3) is 60.9 Å². The third kappa shape index (κ3) is 4.97. The molecule has 3 N–H and O–H groups in total. The third-order valence-electron chi connectivity index (χ3n) is 10.7. The van der Waals surface area contributed by atoms with Crippen molar-refractivity contribution in [3.8, 4) is 22.3 Å². The summed E-state index contributed by atoms with van der Waals surface area (Å²) in [6.07, 6.45) is 3.90. The molecule has 1 aromatic heterocycles. The molecule has 9 rings (SSSR count). The molecule has 2 unspecified atom stereocenters. The van der Waals surface area contributed by atoms with E-state index in [-0.39, 0.29) is 17.7 Å². The van der Waals surface area contributed by atoms with E-state index in [9.17, 15) is 0 Å². The Bertz CT molecular complexity index is 2500. The summed E-state index contributed by atoms with van der Waals surface area (Å²) in [7, 11) is 0. The van der Waals surface area contributed by atoms with Gasteiger partial charge in [0.1, 0.15) is 6.17 Å². The number of aromatic nitrogens is 1. The van der Waals surface area contributed by atoms with Crippen molar-refractivity contribution in [1.82, 2.24) is 9.88 Å². The molecule has 242 valence electrons. The van der Waals surface area contributed by atoms with Gasteiger partial charge in [0.15, 0.2) is 0 Å². The van der Waals surface area contributed by atoms with Crippen molar-refractivity contribution in [3.63, 3.8) is 0 Å². The number of para-hydroxylation sites is 2. The van der Waals surface area contributed by atoms with Crippen LogP contribution in [0.1, 0.15) is 48.4 Å². The lowest BCUT2D eigenvalue weighted by Gasteiger charge is -2.24. The van der Waals surface area contributed by atoms with Gasteiger partial charge in [0.2, 0.25) is 0 Å². The molecule has 0 aliphatic heterocycles. The first kappa shape index (κ1) is 30.3. The first-order valence-corrected chi connectivity index (χ1v) is 17.5. The molecule has 50 heavy (non-hydrogen) atoms. The maximum atomic E-state index is 6.81. The first-order chi connectivity index (χ1) is 24.5. The van der Waals surface area contributed by atoms with Crippen LogP contribution >= 0.6 is 0 Å². The Morgan fingerprint density at radius 3 is 1.92 bits per heavy atom. The topological polar surface area (TPSA) is 43.0 Å². The fraction of sp³-hybridized carbons (Fsp3) is 0.106. The molecule has 1 aliphatic rings. The molecule has 0 bridgehead atoms. The molecule has 3 heteroatoms. The first-order valence-electron chi connectivity index (χ1n) is 17.5. The number of hydrogen-bond donors (Lipinski definition) is 2. The highest BCUT2D eigenvalue weighted by atomic mass is 15.2. The van der Waals surface area contributed by atoms with Crippen molar-refractivity contribution < 1.29 is 0 Å². The van der Waals surface area contributed by atoms with E-state index in [4.69, 9.17) is 5.73 Å². The number of nitrogens with zero attached hydrogens (tertiary/aromatic N) is 1. The van der Waals surface area contributed by atoms with Gasteiger partial charge in [-0.25, -0.2) is 0 Å². The minimum absolute atomic E-state index is 0.0667. The lowest BCUT2D eigenvalue weighted by molar-refractivity contribution is 0.433. The summed E-state index contributed by atoms with van der Waals surface area (Å²) in [5.41, 5.74) is 19.2. The minimum atomic E-state index is -0.349. The van der Waals surface area contributed by atoms with Crippen molar-refractivity contribution in [2.24, 2.45) is 5.73 Å². The Labute approximate surface area is 293 Å². The van der Waals surface area contributed by atoms with Crippen LogP contribution < -0.4 is 11.1 Å². The van der Waals surface area contributed by atoms with Crippen molar-refractivity contribution in [2.75, 3.05) is 0 Å². The Morgan fingerprint density at radius 1 is 0.600 bits per heavy atom. The van der Waals surface area contributed by atoms with Crippen LogP contribution in [-0.2, 0) is 5.41 Å². The lowest BCUT2D eigenvalue weighted by atomic mass is 9.81. The molecule has 1 heterocycles. The molecule has 2 atom stereocenters. The summed E-state index contributed by atoms with van der Waals surface area (Å²) in [6, 6.07) is 56.7. The molecule has 0 spiro atoms. The van der Waals surface area contributed by atoms with Crippen LogP contribution in [-0.4, -0.2) is 4.57 Å². The summed E-state index contributed by atoms with van der Waals surface area (Å²) in [4.78, 5) is 0. The lowest BCUT2D eigenvalue weighted by Crippen LogP contribution is -2.34. The van der Waals surface area contributed by atoms with Gasteiger partial charge in [-0.3, -0.25) is 5.32 Å². The van der Waals surface area contributed by atoms with Crippen molar-refractivity contribution >= 4 is 38.7 Å². The zero-order chi connectivity index (χ0) is 33.8. The van der Waals surface area contributed by atoms with Crippen molar-refractivity contribution in [2.45, 2.75) is 31.6 Å². The smallest absolute Gasteiger partial charge is 0.105 e. The third-order valence-corrected chi connectivity index (χ3v) is 10.7. The fourth-order valence-corrected chi connectivity index (χ4v) is 8.10. The van der Waals surface area contributed by atoms with Crippen LogP contribution in [0, 0.1) is 0 Å². The van der Waals surface area contributed by atoms with Crippen molar-refractivity contribution in [3.05, 3.63) is 186 Å². The highest BCUT2D eigenvalue weighted by molar-refractivity contribution is 6.08. The van der Waals surface area contributed by atoms with E-state index in [2.05, 4.69) is 175 Å². The maximum Gasteiger partial charge on any atom is 0.105 e. The molecule has 0 saturated heterocycles. The van der Waals surface area contributed by atoms with Gasteiger partial charge in [-0.2, -0.15) is 0 Å². The van der Waals surface area contributed by atoms with E-state index in [1.165, 1.54) is 66.0 Å². The molecular weight excluding hydrogens is 607 g/mol. The van der Waals surface area contributed by atoms with Gasteiger partial charge in [0, 0.05) is 16.2 Å². The summed E-state index contributed by atoms with van der Waals surface area (Å²) in [6.45, 7) is 4.71. The largest absolute Gasteiger partial charge is 0.321 e. The molecule has 0 amide bonds. The normalized spacial score (nSPS) is 14.7. The van der Waals surface area contributed by atoms with E-state index in [0.717, 1.165) is 11.1 Å². The Kier molecular flexibility index (Phi) is 7.27. The molecule has 0 fully saturated rings. The number of hydrogen-bond acceptors (Lipinski definition) is 2. The second-order valence-electron chi connectivity index (χ2n) is 14.0. The average Bonchev–Trinajstić information content (AvgIpc) is 3.61. The Morgan fingerprint density at radius 2 is 1.22 bits per heavy atom. The fourth-order valence-electron chi connectivity index (χ4n) is 8.10. The van der Waals surface area contributed by atoms with E-state index >= 15 is 0 Å². The van der Waals surface area contributed by atoms with Crippen molar-refractivity contribution in [1.29, 1.82) is 0 Å². The second kappa shape index (κ2) is 12.0. The monoisotopic (exact) mass is 645 g/mol. The quantitative estimate of drug-likeness (QED) is 0.169. The average molecular weight is 646 g/mol. The SMILES string of the molecule is CC1(C)c2cc3ccccc3cc2-c2c(-c3ccc(/C=C/C(NC(N)c4ccccc4)n4c5ccccc5c5ccccc54)cc3)cccc21. The van der Waals surface area contributed by atoms with E-state index < -0.39 is 0 Å². The van der Waals surface area contributed by atoms with Crippen LogP contribution in [0.15, 0.2) is 164 Å². The van der Waals surface area contributed by atoms with Gasteiger partial charge in [-0.1, -0.05) is 153 Å². The molecule has 0 radical (unpaired) electrons.